The van der Waals surface area contributed by atoms with Crippen LogP contribution < -0.4 is 14.8 Å². The van der Waals surface area contributed by atoms with Crippen LogP contribution in [0.5, 0.6) is 11.5 Å². The maximum Gasteiger partial charge on any atom is 0.260 e. The molecule has 0 aliphatic heterocycles. The molecule has 0 aliphatic rings. The Morgan fingerprint density at radius 2 is 1.58 bits per heavy atom. The molecule has 0 saturated heterocycles. The van der Waals surface area contributed by atoms with E-state index in [4.69, 9.17) is 9.47 Å². The molecular weight excluding hydrogens is 326 g/mol. The molecule has 0 spiro atoms. The largest absolute Gasteiger partial charge is 0.497 e. The zero-order valence-electron chi connectivity index (χ0n) is 16.3. The molecule has 0 aromatic heterocycles. The number of ether oxygens (including phenoxy) is 2. The third-order valence-corrected chi connectivity index (χ3v) is 4.27. The van der Waals surface area contributed by atoms with Gasteiger partial charge in [-0.25, -0.2) is 0 Å². The Morgan fingerprint density at radius 1 is 1.00 bits per heavy atom. The predicted molar refractivity (Wildman–Crippen MR) is 105 cm³/mol. The molecule has 26 heavy (non-hydrogen) atoms. The highest BCUT2D eigenvalue weighted by molar-refractivity contribution is 5.80. The summed E-state index contributed by atoms with van der Waals surface area (Å²) >= 11 is 0. The average molecular weight is 355 g/mol. The van der Waals surface area contributed by atoms with Gasteiger partial charge in [-0.15, -0.1) is 0 Å². The maximum atomic E-state index is 12.2. The number of amides is 1. The van der Waals surface area contributed by atoms with Gasteiger partial charge < -0.3 is 14.8 Å². The maximum absolute atomic E-state index is 12.2. The van der Waals surface area contributed by atoms with Crippen LogP contribution in [0, 0.1) is 0 Å². The van der Waals surface area contributed by atoms with Crippen molar-refractivity contribution in [1.29, 1.82) is 0 Å². The van der Waals surface area contributed by atoms with Gasteiger partial charge >= 0.3 is 0 Å². The van der Waals surface area contributed by atoms with E-state index in [-0.39, 0.29) is 11.3 Å². The summed E-state index contributed by atoms with van der Waals surface area (Å²) in [5.74, 6) is 1.42. The molecule has 1 N–H and O–H groups in total. The highest BCUT2D eigenvalue weighted by Gasteiger charge is 2.16. The van der Waals surface area contributed by atoms with Gasteiger partial charge in [-0.3, -0.25) is 4.79 Å². The van der Waals surface area contributed by atoms with E-state index < -0.39 is 6.10 Å². The lowest BCUT2D eigenvalue weighted by Crippen LogP contribution is -2.37. The predicted octanol–water partition coefficient (Wildman–Crippen LogP) is 4.12. The van der Waals surface area contributed by atoms with Gasteiger partial charge in [0.15, 0.2) is 6.10 Å². The van der Waals surface area contributed by atoms with Gasteiger partial charge in [-0.1, -0.05) is 45.0 Å². The third kappa shape index (κ3) is 5.80. The van der Waals surface area contributed by atoms with Crippen LogP contribution in [0.2, 0.25) is 0 Å². The number of carbonyl (C=O) groups is 1. The summed E-state index contributed by atoms with van der Waals surface area (Å²) in [7, 11) is 1.65. The number of carbonyl (C=O) groups excluding carboxylic acids is 1. The second kappa shape index (κ2) is 8.75. The Morgan fingerprint density at radius 3 is 2.12 bits per heavy atom. The Bertz CT molecular complexity index is 700. The van der Waals surface area contributed by atoms with Crippen LogP contribution in [0.25, 0.3) is 0 Å². The molecule has 1 amide bonds. The van der Waals surface area contributed by atoms with E-state index in [9.17, 15) is 4.79 Å². The van der Waals surface area contributed by atoms with E-state index in [0.29, 0.717) is 12.3 Å². The van der Waals surface area contributed by atoms with E-state index in [1.807, 2.05) is 48.5 Å². The Balaban J connectivity index is 1.79. The van der Waals surface area contributed by atoms with E-state index >= 15 is 0 Å². The Labute approximate surface area is 156 Å². The zero-order chi connectivity index (χ0) is 19.2. The molecular formula is C22H29NO3. The van der Waals surface area contributed by atoms with Crippen molar-refractivity contribution in [1.82, 2.24) is 5.32 Å². The molecule has 0 saturated carbocycles. The quantitative estimate of drug-likeness (QED) is 0.813. The Kier molecular flexibility index (Phi) is 6.67. The first kappa shape index (κ1) is 19.8. The average Bonchev–Trinajstić information content (AvgIpc) is 2.62. The van der Waals surface area contributed by atoms with Gasteiger partial charge in [-0.05, 0) is 54.2 Å². The molecule has 2 aromatic rings. The van der Waals surface area contributed by atoms with E-state index in [1.165, 1.54) is 5.56 Å². The first-order chi connectivity index (χ1) is 12.3. The second-order valence-corrected chi connectivity index (χ2v) is 7.42. The van der Waals surface area contributed by atoms with Crippen molar-refractivity contribution in [3.63, 3.8) is 0 Å². The molecule has 140 valence electrons. The Hall–Kier alpha value is -2.49. The van der Waals surface area contributed by atoms with Crippen molar-refractivity contribution >= 4 is 5.91 Å². The van der Waals surface area contributed by atoms with Crippen molar-refractivity contribution in [2.24, 2.45) is 0 Å². The van der Waals surface area contributed by atoms with E-state index in [1.54, 1.807) is 14.0 Å². The van der Waals surface area contributed by atoms with Crippen LogP contribution in [0.3, 0.4) is 0 Å². The van der Waals surface area contributed by atoms with Crippen LogP contribution in [0.1, 0.15) is 38.8 Å². The first-order valence-corrected chi connectivity index (χ1v) is 8.97. The van der Waals surface area contributed by atoms with Gasteiger partial charge in [0.05, 0.1) is 7.11 Å². The van der Waals surface area contributed by atoms with Crippen LogP contribution in [0.15, 0.2) is 48.5 Å². The summed E-state index contributed by atoms with van der Waals surface area (Å²) < 4.78 is 10.9. The minimum Gasteiger partial charge on any atom is -0.497 e. The fraction of sp³-hybridized carbons (Fsp3) is 0.409. The lowest BCUT2D eigenvalue weighted by molar-refractivity contribution is -0.127. The minimum absolute atomic E-state index is 0.100. The minimum atomic E-state index is -0.536. The van der Waals surface area contributed by atoms with Gasteiger partial charge in [0, 0.05) is 6.54 Å². The molecule has 0 radical (unpaired) electrons. The topological polar surface area (TPSA) is 47.6 Å². The van der Waals surface area contributed by atoms with Gasteiger partial charge in [0.1, 0.15) is 11.5 Å². The summed E-state index contributed by atoms with van der Waals surface area (Å²) in [6, 6.07) is 15.8. The van der Waals surface area contributed by atoms with E-state index in [0.717, 1.165) is 17.7 Å². The van der Waals surface area contributed by atoms with Crippen LogP contribution in [0.4, 0.5) is 0 Å². The number of hydrogen-bond acceptors (Lipinski definition) is 3. The highest BCUT2D eigenvalue weighted by Crippen LogP contribution is 2.24. The molecule has 1 unspecified atom stereocenters. The normalized spacial score (nSPS) is 12.3. The third-order valence-electron chi connectivity index (χ3n) is 4.27. The molecule has 4 heteroatoms. The van der Waals surface area contributed by atoms with Crippen molar-refractivity contribution in [2.45, 2.75) is 45.6 Å². The molecule has 0 bridgehead atoms. The summed E-state index contributed by atoms with van der Waals surface area (Å²) in [5, 5.41) is 2.92. The fourth-order valence-corrected chi connectivity index (χ4v) is 2.56. The van der Waals surface area contributed by atoms with Crippen molar-refractivity contribution in [3.8, 4) is 11.5 Å². The first-order valence-electron chi connectivity index (χ1n) is 8.97. The van der Waals surface area contributed by atoms with Crippen LogP contribution in [-0.2, 0) is 16.6 Å². The molecule has 4 nitrogen and oxygen atoms in total. The van der Waals surface area contributed by atoms with E-state index in [2.05, 4.69) is 26.1 Å². The number of rotatable bonds is 7. The SMILES string of the molecule is COc1ccc(CCNC(=O)C(C)Oc2ccc(C(C)(C)C)cc2)cc1. The molecule has 0 heterocycles. The van der Waals surface area contributed by atoms with Crippen LogP contribution in [-0.4, -0.2) is 25.7 Å². The zero-order valence-corrected chi connectivity index (χ0v) is 16.3. The van der Waals surface area contributed by atoms with Crippen molar-refractivity contribution < 1.29 is 14.3 Å². The number of benzene rings is 2. The number of methoxy groups -OCH3 is 1. The van der Waals surface area contributed by atoms with Gasteiger partial charge in [0.25, 0.3) is 5.91 Å². The molecule has 1 atom stereocenters. The second-order valence-electron chi connectivity index (χ2n) is 7.42. The molecule has 2 aromatic carbocycles. The fourth-order valence-electron chi connectivity index (χ4n) is 2.56. The summed E-state index contributed by atoms with van der Waals surface area (Å²) in [5.41, 5.74) is 2.49. The standard InChI is InChI=1S/C22H29NO3/c1-16(26-20-12-8-18(9-13-20)22(2,3)4)21(24)23-15-14-17-6-10-19(25-5)11-7-17/h6-13,16H,14-15H2,1-5H3,(H,23,24). The summed E-state index contributed by atoms with van der Waals surface area (Å²) in [4.78, 5) is 12.2. The number of hydrogen-bond donors (Lipinski definition) is 1. The van der Waals surface area contributed by atoms with Crippen molar-refractivity contribution in [2.75, 3.05) is 13.7 Å². The van der Waals surface area contributed by atoms with Gasteiger partial charge in [-0.2, -0.15) is 0 Å². The smallest absolute Gasteiger partial charge is 0.260 e. The van der Waals surface area contributed by atoms with Crippen LogP contribution >= 0.6 is 0 Å². The summed E-state index contributed by atoms with van der Waals surface area (Å²) in [6.07, 6.45) is 0.231. The molecule has 0 fully saturated rings. The van der Waals surface area contributed by atoms with Gasteiger partial charge in [0.2, 0.25) is 0 Å². The lowest BCUT2D eigenvalue weighted by Gasteiger charge is -2.20. The molecule has 0 aliphatic carbocycles. The summed E-state index contributed by atoms with van der Waals surface area (Å²) in [6.45, 7) is 8.84. The number of nitrogens with one attached hydrogen (secondary N) is 1. The monoisotopic (exact) mass is 355 g/mol. The molecule has 2 rings (SSSR count). The highest BCUT2D eigenvalue weighted by atomic mass is 16.5. The van der Waals surface area contributed by atoms with Crippen molar-refractivity contribution in [3.05, 3.63) is 59.7 Å². The lowest BCUT2D eigenvalue weighted by atomic mass is 9.87.